The van der Waals surface area contributed by atoms with Gasteiger partial charge in [-0.3, -0.25) is 9.59 Å². The quantitative estimate of drug-likeness (QED) is 0.600. The van der Waals surface area contributed by atoms with Crippen LogP contribution in [0.15, 0.2) is 59.2 Å². The van der Waals surface area contributed by atoms with Crippen LogP contribution in [0.1, 0.15) is 32.7 Å². The molecule has 8 nitrogen and oxygen atoms in total. The molecule has 0 saturated heterocycles. The van der Waals surface area contributed by atoms with Crippen LogP contribution in [0.2, 0.25) is 0 Å². The summed E-state index contributed by atoms with van der Waals surface area (Å²) in [7, 11) is 0. The number of carbonyl (C=O) groups is 3. The maximum absolute atomic E-state index is 12.3. The van der Waals surface area contributed by atoms with Crippen LogP contribution in [0.4, 0.5) is 10.7 Å². The molecule has 3 rings (SSSR count). The van der Waals surface area contributed by atoms with Gasteiger partial charge in [0.1, 0.15) is 10.9 Å². The molecule has 3 aromatic rings. The number of benzene rings is 1. The smallest absolute Gasteiger partial charge is 0.349 e. The van der Waals surface area contributed by atoms with Crippen LogP contribution >= 0.6 is 11.3 Å². The van der Waals surface area contributed by atoms with Gasteiger partial charge < -0.3 is 19.8 Å². The number of carbonyl (C=O) groups excluding carboxylic acids is 3. The van der Waals surface area contributed by atoms with Crippen molar-refractivity contribution in [2.24, 2.45) is 0 Å². The van der Waals surface area contributed by atoms with Crippen molar-refractivity contribution in [2.75, 3.05) is 10.6 Å². The summed E-state index contributed by atoms with van der Waals surface area (Å²) in [5, 5.41) is 14.7. The van der Waals surface area contributed by atoms with E-state index in [4.69, 9.17) is 14.4 Å². The highest BCUT2D eigenvalue weighted by Crippen LogP contribution is 2.24. The third-order valence-electron chi connectivity index (χ3n) is 3.75. The summed E-state index contributed by atoms with van der Waals surface area (Å²) in [5.41, 5.74) is 0.636. The Kier molecular flexibility index (Phi) is 6.06. The first-order valence-electron chi connectivity index (χ1n) is 8.43. The summed E-state index contributed by atoms with van der Waals surface area (Å²) in [6, 6.07) is 14.6. The fourth-order valence-corrected chi connectivity index (χ4v) is 3.08. The molecule has 2 aromatic heterocycles. The second kappa shape index (κ2) is 8.86. The van der Waals surface area contributed by atoms with Crippen molar-refractivity contribution >= 4 is 39.8 Å². The average molecular weight is 409 g/mol. The maximum Gasteiger partial charge on any atom is 0.349 e. The molecule has 0 radical (unpaired) electrons. The highest BCUT2D eigenvalue weighted by Gasteiger charge is 2.21. The molecule has 1 unspecified atom stereocenters. The number of furan rings is 1. The monoisotopic (exact) mass is 409 g/mol. The van der Waals surface area contributed by atoms with Crippen molar-refractivity contribution in [3.05, 3.63) is 71.0 Å². The molecule has 9 heteroatoms. The van der Waals surface area contributed by atoms with Crippen molar-refractivity contribution < 1.29 is 23.5 Å². The molecule has 0 aliphatic heterocycles. The second-order valence-corrected chi connectivity index (χ2v) is 6.87. The zero-order chi connectivity index (χ0) is 20.8. The molecule has 2 amide bonds. The zero-order valence-electron chi connectivity index (χ0n) is 15.2. The predicted octanol–water partition coefficient (Wildman–Crippen LogP) is 3.65. The Labute approximate surface area is 169 Å². The number of amides is 2. The summed E-state index contributed by atoms with van der Waals surface area (Å²) in [5.74, 6) is -1.57. The Morgan fingerprint density at radius 1 is 1.10 bits per heavy atom. The van der Waals surface area contributed by atoms with Gasteiger partial charge in [0.25, 0.3) is 11.8 Å². The van der Waals surface area contributed by atoms with Crippen molar-refractivity contribution in [3.8, 4) is 6.07 Å². The SMILES string of the molecule is CC(OC(=O)c1ccc(NC(=O)c2ccco2)s1)C(=O)Nc1ccccc1C#N. The second-order valence-electron chi connectivity index (χ2n) is 5.79. The van der Waals surface area contributed by atoms with E-state index in [2.05, 4.69) is 10.6 Å². The molecule has 146 valence electrons. The third kappa shape index (κ3) is 4.88. The lowest BCUT2D eigenvalue weighted by Gasteiger charge is -2.13. The van der Waals surface area contributed by atoms with Gasteiger partial charge in [-0.2, -0.15) is 5.26 Å². The number of anilines is 2. The molecule has 0 fully saturated rings. The van der Waals surface area contributed by atoms with E-state index in [9.17, 15) is 14.4 Å². The van der Waals surface area contributed by atoms with Gasteiger partial charge >= 0.3 is 5.97 Å². The molecule has 2 heterocycles. The average Bonchev–Trinajstić information content (AvgIpc) is 3.40. The van der Waals surface area contributed by atoms with Gasteiger partial charge in [-0.1, -0.05) is 12.1 Å². The van der Waals surface area contributed by atoms with E-state index in [1.165, 1.54) is 25.3 Å². The summed E-state index contributed by atoms with van der Waals surface area (Å²) in [4.78, 5) is 36.7. The van der Waals surface area contributed by atoms with Gasteiger partial charge in [0, 0.05) is 0 Å². The van der Waals surface area contributed by atoms with E-state index in [0.29, 0.717) is 16.3 Å². The van der Waals surface area contributed by atoms with Crippen molar-refractivity contribution in [2.45, 2.75) is 13.0 Å². The zero-order valence-corrected chi connectivity index (χ0v) is 16.0. The van der Waals surface area contributed by atoms with E-state index >= 15 is 0 Å². The van der Waals surface area contributed by atoms with Crippen LogP contribution in [0.3, 0.4) is 0 Å². The van der Waals surface area contributed by atoms with Crippen molar-refractivity contribution in [1.29, 1.82) is 5.26 Å². The Balaban J connectivity index is 1.58. The Morgan fingerprint density at radius 3 is 2.62 bits per heavy atom. The number of hydrogen-bond acceptors (Lipinski definition) is 7. The number of nitriles is 1. The van der Waals surface area contributed by atoms with E-state index < -0.39 is 23.9 Å². The molecule has 0 aliphatic rings. The Morgan fingerprint density at radius 2 is 1.90 bits per heavy atom. The molecule has 1 aromatic carbocycles. The first-order chi connectivity index (χ1) is 14.0. The lowest BCUT2D eigenvalue weighted by molar-refractivity contribution is -0.123. The molecule has 1 atom stereocenters. The summed E-state index contributed by atoms with van der Waals surface area (Å²) < 4.78 is 10.2. The highest BCUT2D eigenvalue weighted by molar-refractivity contribution is 7.18. The molecule has 0 bridgehead atoms. The lowest BCUT2D eigenvalue weighted by atomic mass is 10.2. The van der Waals surface area contributed by atoms with Crippen LogP contribution in [-0.2, 0) is 9.53 Å². The van der Waals surface area contributed by atoms with Gasteiger partial charge in [0.05, 0.1) is 22.5 Å². The molecule has 29 heavy (non-hydrogen) atoms. The minimum Gasteiger partial charge on any atom is -0.459 e. The number of ether oxygens (including phenoxy) is 1. The molecular weight excluding hydrogens is 394 g/mol. The minimum atomic E-state index is -1.09. The number of esters is 1. The molecular formula is C20H15N3O5S. The molecule has 0 spiro atoms. The van der Waals surface area contributed by atoms with Gasteiger partial charge in [0.2, 0.25) is 0 Å². The number of nitrogens with zero attached hydrogens (tertiary/aromatic N) is 1. The van der Waals surface area contributed by atoms with Crippen molar-refractivity contribution in [3.63, 3.8) is 0 Å². The van der Waals surface area contributed by atoms with Gasteiger partial charge in [-0.25, -0.2) is 4.79 Å². The topological polar surface area (TPSA) is 121 Å². The summed E-state index contributed by atoms with van der Waals surface area (Å²) in [6.07, 6.45) is 0.297. The Hall–Kier alpha value is -3.90. The van der Waals surface area contributed by atoms with Gasteiger partial charge in [0.15, 0.2) is 11.9 Å². The molecule has 2 N–H and O–H groups in total. The van der Waals surface area contributed by atoms with Crippen LogP contribution in [0, 0.1) is 11.3 Å². The van der Waals surface area contributed by atoms with Crippen LogP contribution in [-0.4, -0.2) is 23.9 Å². The van der Waals surface area contributed by atoms with Gasteiger partial charge in [-0.05, 0) is 43.3 Å². The predicted molar refractivity (Wildman–Crippen MR) is 106 cm³/mol. The first-order valence-corrected chi connectivity index (χ1v) is 9.25. The summed E-state index contributed by atoms with van der Waals surface area (Å²) >= 11 is 1.01. The van der Waals surface area contributed by atoms with E-state index in [0.717, 1.165) is 11.3 Å². The molecule has 0 aliphatic carbocycles. The summed E-state index contributed by atoms with van der Waals surface area (Å²) in [6.45, 7) is 1.43. The minimum absolute atomic E-state index is 0.144. The first kappa shape index (κ1) is 19.9. The number of hydrogen-bond donors (Lipinski definition) is 2. The number of thiophene rings is 1. The highest BCUT2D eigenvalue weighted by atomic mass is 32.1. The normalized spacial score (nSPS) is 11.2. The van der Waals surface area contributed by atoms with Crippen LogP contribution in [0.25, 0.3) is 0 Å². The maximum atomic E-state index is 12.3. The van der Waals surface area contributed by atoms with Crippen molar-refractivity contribution in [1.82, 2.24) is 0 Å². The third-order valence-corrected chi connectivity index (χ3v) is 4.73. The number of rotatable bonds is 6. The fraction of sp³-hybridized carbons (Fsp3) is 0.100. The van der Waals surface area contributed by atoms with Crippen LogP contribution < -0.4 is 10.6 Å². The standard InChI is InChI=1S/C20H15N3O5S/c1-12(18(24)22-14-6-3-2-5-13(14)11-21)28-20(26)16-8-9-17(29-16)23-19(25)15-7-4-10-27-15/h2-10,12H,1H3,(H,22,24)(H,23,25). The largest absolute Gasteiger partial charge is 0.459 e. The Bertz CT molecular complexity index is 1080. The van der Waals surface area contributed by atoms with Crippen LogP contribution in [0.5, 0.6) is 0 Å². The molecule has 0 saturated carbocycles. The van der Waals surface area contributed by atoms with Gasteiger partial charge in [-0.15, -0.1) is 11.3 Å². The van der Waals surface area contributed by atoms with E-state index in [1.807, 2.05) is 6.07 Å². The fourth-order valence-electron chi connectivity index (χ4n) is 2.29. The van der Waals surface area contributed by atoms with E-state index in [-0.39, 0.29) is 10.6 Å². The number of para-hydroxylation sites is 1. The number of nitrogens with one attached hydrogen (secondary N) is 2. The lowest BCUT2D eigenvalue weighted by Crippen LogP contribution is -2.30. The van der Waals surface area contributed by atoms with E-state index in [1.54, 1.807) is 36.4 Å².